The molecular formula is C24H28N4O2S. The zero-order valence-electron chi connectivity index (χ0n) is 18.2. The number of nitrogens with one attached hydrogen (secondary N) is 1. The van der Waals surface area contributed by atoms with Gasteiger partial charge in [-0.1, -0.05) is 54.6 Å². The summed E-state index contributed by atoms with van der Waals surface area (Å²) < 4.78 is 7.88. The molecule has 0 bridgehead atoms. The number of rotatable bonds is 10. The summed E-state index contributed by atoms with van der Waals surface area (Å²) in [6.45, 7) is 10.8. The van der Waals surface area contributed by atoms with Gasteiger partial charge in [-0.05, 0) is 49.6 Å². The van der Waals surface area contributed by atoms with Crippen LogP contribution in [0.25, 0.3) is 0 Å². The molecule has 0 saturated carbocycles. The highest BCUT2D eigenvalue weighted by atomic mass is 32.2. The first-order valence-electron chi connectivity index (χ1n) is 10.2. The van der Waals surface area contributed by atoms with Crippen LogP contribution in [0.3, 0.4) is 0 Å². The second kappa shape index (κ2) is 10.8. The van der Waals surface area contributed by atoms with Crippen molar-refractivity contribution in [3.63, 3.8) is 0 Å². The van der Waals surface area contributed by atoms with Gasteiger partial charge in [-0.25, -0.2) is 0 Å². The molecule has 0 aliphatic carbocycles. The van der Waals surface area contributed by atoms with Crippen LogP contribution in [0.1, 0.15) is 29.4 Å². The Labute approximate surface area is 187 Å². The average Bonchev–Trinajstić information content (AvgIpc) is 3.14. The Morgan fingerprint density at radius 2 is 1.97 bits per heavy atom. The quantitative estimate of drug-likeness (QED) is 0.360. The summed E-state index contributed by atoms with van der Waals surface area (Å²) >= 11 is 1.34. The van der Waals surface area contributed by atoms with Crippen LogP contribution in [0.15, 0.2) is 60.3 Å². The first-order chi connectivity index (χ1) is 15.0. The Morgan fingerprint density at radius 1 is 1.19 bits per heavy atom. The van der Waals surface area contributed by atoms with Crippen LogP contribution in [0, 0.1) is 13.8 Å². The summed E-state index contributed by atoms with van der Waals surface area (Å²) in [5, 5.41) is 12.1. The van der Waals surface area contributed by atoms with Gasteiger partial charge in [0.15, 0.2) is 11.0 Å². The van der Waals surface area contributed by atoms with E-state index >= 15 is 0 Å². The summed E-state index contributed by atoms with van der Waals surface area (Å²) in [5.74, 6) is 1.66. The van der Waals surface area contributed by atoms with Crippen LogP contribution in [0.5, 0.6) is 5.75 Å². The predicted octanol–water partition coefficient (Wildman–Crippen LogP) is 4.95. The fourth-order valence-electron chi connectivity index (χ4n) is 3.10. The van der Waals surface area contributed by atoms with Crippen LogP contribution in [0.2, 0.25) is 0 Å². The number of carbonyl (C=O) groups is 1. The Hall–Kier alpha value is -3.06. The summed E-state index contributed by atoms with van der Waals surface area (Å²) in [6, 6.07) is 13.9. The van der Waals surface area contributed by atoms with Crippen molar-refractivity contribution in [1.82, 2.24) is 14.8 Å². The molecule has 0 spiro atoms. The standard InChI is InChI=1S/C24H28N4O2S/c1-5-13-28-22(15-30-21-12-7-17(3)14-18(21)4)26-27-24(28)31-16-23(29)25-20-10-8-19(6-2)9-11-20/h5,7-12,14H,1,6,13,15-16H2,2-4H3,(H,25,29). The topological polar surface area (TPSA) is 69.0 Å². The van der Waals surface area contributed by atoms with E-state index in [0.717, 1.165) is 23.4 Å². The van der Waals surface area contributed by atoms with E-state index in [1.807, 2.05) is 47.9 Å². The van der Waals surface area contributed by atoms with Gasteiger partial charge >= 0.3 is 0 Å². The molecule has 0 fully saturated rings. The maximum absolute atomic E-state index is 12.4. The molecule has 3 aromatic rings. The first-order valence-corrected chi connectivity index (χ1v) is 11.2. The largest absolute Gasteiger partial charge is 0.485 e. The Morgan fingerprint density at radius 3 is 2.65 bits per heavy atom. The van der Waals surface area contributed by atoms with Gasteiger partial charge in [0.2, 0.25) is 5.91 Å². The van der Waals surface area contributed by atoms with Gasteiger partial charge in [-0.2, -0.15) is 0 Å². The third kappa shape index (κ3) is 6.21. The SMILES string of the molecule is C=CCn1c(COc2ccc(C)cc2C)nnc1SCC(=O)Nc1ccc(CC)cc1. The normalized spacial score (nSPS) is 10.7. The van der Waals surface area contributed by atoms with E-state index < -0.39 is 0 Å². The molecule has 162 valence electrons. The van der Waals surface area contributed by atoms with Crippen LogP contribution in [-0.2, 0) is 24.4 Å². The van der Waals surface area contributed by atoms with E-state index in [1.54, 1.807) is 6.08 Å². The molecule has 0 unspecified atom stereocenters. The second-order valence-corrected chi connectivity index (χ2v) is 8.19. The molecule has 0 radical (unpaired) electrons. The molecule has 1 aromatic heterocycles. The number of amides is 1. The molecule has 2 aromatic carbocycles. The van der Waals surface area contributed by atoms with Crippen molar-refractivity contribution in [3.8, 4) is 5.75 Å². The third-order valence-corrected chi connectivity index (χ3v) is 5.74. The number of benzene rings is 2. The Kier molecular flexibility index (Phi) is 7.89. The van der Waals surface area contributed by atoms with Gasteiger partial charge in [0.05, 0.1) is 5.75 Å². The molecule has 0 atom stereocenters. The molecule has 31 heavy (non-hydrogen) atoms. The van der Waals surface area contributed by atoms with Crippen molar-refractivity contribution >= 4 is 23.4 Å². The van der Waals surface area contributed by atoms with Crippen LogP contribution >= 0.6 is 11.8 Å². The van der Waals surface area contributed by atoms with Gasteiger partial charge in [0.1, 0.15) is 12.4 Å². The number of thioether (sulfide) groups is 1. The van der Waals surface area contributed by atoms with Crippen molar-refractivity contribution in [2.75, 3.05) is 11.1 Å². The van der Waals surface area contributed by atoms with E-state index in [-0.39, 0.29) is 11.7 Å². The zero-order chi connectivity index (χ0) is 22.2. The molecule has 0 aliphatic heterocycles. The van der Waals surface area contributed by atoms with Crippen molar-refractivity contribution in [3.05, 3.63) is 77.6 Å². The highest BCUT2D eigenvalue weighted by Gasteiger charge is 2.14. The molecule has 3 rings (SSSR count). The predicted molar refractivity (Wildman–Crippen MR) is 126 cm³/mol. The number of ether oxygens (including phenoxy) is 1. The molecule has 7 heteroatoms. The summed E-state index contributed by atoms with van der Waals surface area (Å²) in [4.78, 5) is 12.4. The number of aromatic nitrogens is 3. The van der Waals surface area contributed by atoms with Crippen LogP contribution in [-0.4, -0.2) is 26.4 Å². The van der Waals surface area contributed by atoms with Crippen molar-refractivity contribution in [1.29, 1.82) is 0 Å². The Bertz CT molecular complexity index is 1040. The molecule has 6 nitrogen and oxygen atoms in total. The summed E-state index contributed by atoms with van der Waals surface area (Å²) in [6.07, 6.45) is 2.75. The van der Waals surface area contributed by atoms with Gasteiger partial charge in [-0.3, -0.25) is 9.36 Å². The van der Waals surface area contributed by atoms with Gasteiger partial charge in [0.25, 0.3) is 0 Å². The first kappa shape index (κ1) is 22.6. The fourth-order valence-corrected chi connectivity index (χ4v) is 3.87. The minimum absolute atomic E-state index is 0.0875. The minimum atomic E-state index is -0.0875. The Balaban J connectivity index is 1.61. The molecule has 1 heterocycles. The van der Waals surface area contributed by atoms with Gasteiger partial charge < -0.3 is 10.1 Å². The lowest BCUT2D eigenvalue weighted by atomic mass is 10.1. The number of nitrogens with zero attached hydrogens (tertiary/aromatic N) is 3. The highest BCUT2D eigenvalue weighted by molar-refractivity contribution is 7.99. The number of anilines is 1. The van der Waals surface area contributed by atoms with Crippen molar-refractivity contribution < 1.29 is 9.53 Å². The number of hydrogen-bond acceptors (Lipinski definition) is 5. The fraction of sp³-hybridized carbons (Fsp3) is 0.292. The van der Waals surface area contributed by atoms with Crippen molar-refractivity contribution in [2.24, 2.45) is 0 Å². The number of carbonyl (C=O) groups excluding carboxylic acids is 1. The molecular weight excluding hydrogens is 408 g/mol. The van der Waals surface area contributed by atoms with Crippen LogP contribution in [0.4, 0.5) is 5.69 Å². The third-order valence-electron chi connectivity index (χ3n) is 4.77. The lowest BCUT2D eigenvalue weighted by Crippen LogP contribution is -2.15. The molecule has 0 saturated heterocycles. The molecule has 1 amide bonds. The maximum atomic E-state index is 12.4. The van der Waals surface area contributed by atoms with E-state index in [9.17, 15) is 4.79 Å². The van der Waals surface area contributed by atoms with E-state index in [2.05, 4.69) is 42.0 Å². The summed E-state index contributed by atoms with van der Waals surface area (Å²) in [7, 11) is 0. The van der Waals surface area contributed by atoms with E-state index in [4.69, 9.17) is 4.74 Å². The lowest BCUT2D eigenvalue weighted by Gasteiger charge is -2.11. The zero-order valence-corrected chi connectivity index (χ0v) is 19.0. The van der Waals surface area contributed by atoms with Gasteiger partial charge in [-0.15, -0.1) is 16.8 Å². The van der Waals surface area contributed by atoms with E-state index in [0.29, 0.717) is 24.1 Å². The number of aryl methyl sites for hydroxylation is 3. The van der Waals surface area contributed by atoms with Crippen LogP contribution < -0.4 is 10.1 Å². The minimum Gasteiger partial charge on any atom is -0.485 e. The monoisotopic (exact) mass is 436 g/mol. The van der Waals surface area contributed by atoms with Gasteiger partial charge in [0, 0.05) is 12.2 Å². The summed E-state index contributed by atoms with van der Waals surface area (Å²) in [5.41, 5.74) is 4.30. The lowest BCUT2D eigenvalue weighted by molar-refractivity contribution is -0.113. The maximum Gasteiger partial charge on any atom is 0.234 e. The molecule has 0 aliphatic rings. The van der Waals surface area contributed by atoms with Crippen molar-refractivity contribution in [2.45, 2.75) is 45.5 Å². The number of allylic oxidation sites excluding steroid dienone is 1. The number of hydrogen-bond donors (Lipinski definition) is 1. The highest BCUT2D eigenvalue weighted by Crippen LogP contribution is 2.22. The smallest absolute Gasteiger partial charge is 0.234 e. The van der Waals surface area contributed by atoms with E-state index in [1.165, 1.54) is 22.9 Å². The second-order valence-electron chi connectivity index (χ2n) is 7.24. The average molecular weight is 437 g/mol. The molecule has 1 N–H and O–H groups in total.